The second kappa shape index (κ2) is 7.82. The van der Waals surface area contributed by atoms with Gasteiger partial charge in [-0.15, -0.1) is 0 Å². The average Bonchev–Trinajstić information content (AvgIpc) is 2.28. The highest BCUT2D eigenvalue weighted by Crippen LogP contribution is 2.10. The van der Waals surface area contributed by atoms with Crippen molar-refractivity contribution in [1.29, 1.82) is 0 Å². The molecule has 0 bridgehead atoms. The molecule has 2 atom stereocenters. The van der Waals surface area contributed by atoms with Gasteiger partial charge in [-0.2, -0.15) is 0 Å². The standard InChI is InChI=1S/C14H29N3O2/c1-11(2)15-14(19)5-6-16-7-8-17(10-13(4)18)12(3)9-16/h11-13,18H,5-10H2,1-4H3,(H,15,19)/t12-,13-/m1/s1. The van der Waals surface area contributed by atoms with Gasteiger partial charge < -0.3 is 15.3 Å². The summed E-state index contributed by atoms with van der Waals surface area (Å²) >= 11 is 0. The number of carbonyl (C=O) groups is 1. The van der Waals surface area contributed by atoms with E-state index >= 15 is 0 Å². The topological polar surface area (TPSA) is 55.8 Å². The third kappa shape index (κ3) is 6.36. The normalized spacial score (nSPS) is 23.6. The van der Waals surface area contributed by atoms with Crippen molar-refractivity contribution in [3.8, 4) is 0 Å². The quantitative estimate of drug-likeness (QED) is 0.729. The van der Waals surface area contributed by atoms with Crippen LogP contribution in [0.1, 0.15) is 34.1 Å². The number of piperazine rings is 1. The summed E-state index contributed by atoms with van der Waals surface area (Å²) in [6.45, 7) is 12.5. The Kier molecular flexibility index (Phi) is 6.75. The van der Waals surface area contributed by atoms with Crippen LogP contribution in [0.5, 0.6) is 0 Å². The molecule has 5 heteroatoms. The highest BCUT2D eigenvalue weighted by Gasteiger charge is 2.24. The molecule has 112 valence electrons. The summed E-state index contributed by atoms with van der Waals surface area (Å²) in [4.78, 5) is 16.3. The maximum atomic E-state index is 11.6. The van der Waals surface area contributed by atoms with E-state index in [-0.39, 0.29) is 18.1 Å². The molecule has 1 fully saturated rings. The first kappa shape index (κ1) is 16.4. The van der Waals surface area contributed by atoms with E-state index in [1.807, 2.05) is 20.8 Å². The fourth-order valence-corrected chi connectivity index (χ4v) is 2.54. The first-order valence-electron chi connectivity index (χ1n) is 7.32. The molecule has 5 nitrogen and oxygen atoms in total. The number of aliphatic hydroxyl groups excluding tert-OH is 1. The lowest BCUT2D eigenvalue weighted by Gasteiger charge is -2.40. The van der Waals surface area contributed by atoms with E-state index in [4.69, 9.17) is 0 Å². The summed E-state index contributed by atoms with van der Waals surface area (Å²) in [5, 5.41) is 12.4. The molecule has 1 saturated heterocycles. The van der Waals surface area contributed by atoms with Gasteiger partial charge >= 0.3 is 0 Å². The van der Waals surface area contributed by atoms with E-state index in [9.17, 15) is 9.90 Å². The largest absolute Gasteiger partial charge is 0.392 e. The monoisotopic (exact) mass is 271 g/mol. The van der Waals surface area contributed by atoms with Crippen molar-refractivity contribution in [2.45, 2.75) is 52.3 Å². The van der Waals surface area contributed by atoms with Crippen LogP contribution in [0.2, 0.25) is 0 Å². The second-order valence-electron chi connectivity index (χ2n) is 5.97. The summed E-state index contributed by atoms with van der Waals surface area (Å²) in [6.07, 6.45) is 0.298. The molecule has 0 aromatic heterocycles. The lowest BCUT2D eigenvalue weighted by atomic mass is 10.1. The van der Waals surface area contributed by atoms with E-state index in [1.165, 1.54) is 0 Å². The van der Waals surface area contributed by atoms with Crippen LogP contribution in [0.15, 0.2) is 0 Å². The maximum absolute atomic E-state index is 11.6. The van der Waals surface area contributed by atoms with Crippen LogP contribution in [-0.2, 0) is 4.79 Å². The molecular weight excluding hydrogens is 242 g/mol. The molecule has 0 aliphatic carbocycles. The Labute approximate surface area is 117 Å². The number of hydrogen-bond donors (Lipinski definition) is 2. The average molecular weight is 271 g/mol. The lowest BCUT2D eigenvalue weighted by molar-refractivity contribution is -0.122. The zero-order valence-corrected chi connectivity index (χ0v) is 12.7. The first-order valence-corrected chi connectivity index (χ1v) is 7.32. The molecule has 0 saturated carbocycles. The minimum Gasteiger partial charge on any atom is -0.392 e. The maximum Gasteiger partial charge on any atom is 0.221 e. The number of nitrogens with zero attached hydrogens (tertiary/aromatic N) is 2. The van der Waals surface area contributed by atoms with Crippen molar-refractivity contribution in [3.05, 3.63) is 0 Å². The Bertz CT molecular complexity index is 282. The second-order valence-corrected chi connectivity index (χ2v) is 5.97. The number of carbonyl (C=O) groups excluding carboxylic acids is 1. The van der Waals surface area contributed by atoms with E-state index < -0.39 is 0 Å². The summed E-state index contributed by atoms with van der Waals surface area (Å²) < 4.78 is 0. The van der Waals surface area contributed by atoms with Crippen LogP contribution in [-0.4, -0.2) is 71.7 Å². The minimum absolute atomic E-state index is 0.133. The van der Waals surface area contributed by atoms with Crippen molar-refractivity contribution in [3.63, 3.8) is 0 Å². The predicted molar refractivity (Wildman–Crippen MR) is 77.1 cm³/mol. The summed E-state index contributed by atoms with van der Waals surface area (Å²) in [6, 6.07) is 0.658. The van der Waals surface area contributed by atoms with Gasteiger partial charge in [0.2, 0.25) is 5.91 Å². The molecule has 0 spiro atoms. The zero-order valence-electron chi connectivity index (χ0n) is 12.7. The van der Waals surface area contributed by atoms with Crippen LogP contribution in [0.3, 0.4) is 0 Å². The number of amides is 1. The van der Waals surface area contributed by atoms with Crippen LogP contribution in [0.25, 0.3) is 0 Å². The van der Waals surface area contributed by atoms with Gasteiger partial charge in [-0.05, 0) is 27.7 Å². The van der Waals surface area contributed by atoms with Gasteiger partial charge in [-0.3, -0.25) is 9.69 Å². The van der Waals surface area contributed by atoms with E-state index in [0.29, 0.717) is 12.5 Å². The number of β-amino-alcohol motifs (C(OH)–C–C–N with tert-alkyl or cyclic N) is 1. The Morgan fingerprint density at radius 3 is 2.58 bits per heavy atom. The molecule has 2 N–H and O–H groups in total. The van der Waals surface area contributed by atoms with Crippen LogP contribution < -0.4 is 5.32 Å². The number of rotatable bonds is 6. The predicted octanol–water partition coefficient (Wildman–Crippen LogP) is 0.288. The lowest BCUT2D eigenvalue weighted by Crippen LogP contribution is -2.53. The first-order chi connectivity index (χ1) is 8.88. The Hall–Kier alpha value is -0.650. The number of nitrogens with one attached hydrogen (secondary N) is 1. The van der Waals surface area contributed by atoms with Gasteiger partial charge in [0.05, 0.1) is 6.10 Å². The van der Waals surface area contributed by atoms with Crippen molar-refractivity contribution < 1.29 is 9.90 Å². The molecule has 0 unspecified atom stereocenters. The van der Waals surface area contributed by atoms with Crippen LogP contribution in [0, 0.1) is 0 Å². The molecule has 19 heavy (non-hydrogen) atoms. The van der Waals surface area contributed by atoms with Crippen molar-refractivity contribution in [2.75, 3.05) is 32.7 Å². The number of hydrogen-bond acceptors (Lipinski definition) is 4. The van der Waals surface area contributed by atoms with Gasteiger partial charge in [0.25, 0.3) is 0 Å². The molecule has 0 aromatic carbocycles. The smallest absolute Gasteiger partial charge is 0.221 e. The van der Waals surface area contributed by atoms with Gasteiger partial charge in [-0.1, -0.05) is 0 Å². The van der Waals surface area contributed by atoms with Crippen molar-refractivity contribution in [1.82, 2.24) is 15.1 Å². The Balaban J connectivity index is 2.26. The van der Waals surface area contributed by atoms with Gasteiger partial charge in [0.1, 0.15) is 0 Å². The summed E-state index contributed by atoms with van der Waals surface area (Å²) in [5.74, 6) is 0.133. The number of aliphatic hydroxyl groups is 1. The third-order valence-electron chi connectivity index (χ3n) is 3.45. The summed E-state index contributed by atoms with van der Waals surface area (Å²) in [5.41, 5.74) is 0. The molecule has 1 amide bonds. The molecular formula is C14H29N3O2. The van der Waals surface area contributed by atoms with E-state index in [2.05, 4.69) is 22.0 Å². The van der Waals surface area contributed by atoms with Gasteiger partial charge in [0.15, 0.2) is 0 Å². The van der Waals surface area contributed by atoms with Crippen molar-refractivity contribution in [2.24, 2.45) is 0 Å². The van der Waals surface area contributed by atoms with E-state index in [1.54, 1.807) is 0 Å². The Morgan fingerprint density at radius 2 is 2.05 bits per heavy atom. The van der Waals surface area contributed by atoms with Crippen LogP contribution >= 0.6 is 0 Å². The van der Waals surface area contributed by atoms with Crippen molar-refractivity contribution >= 4 is 5.91 Å². The highest BCUT2D eigenvalue weighted by atomic mass is 16.3. The molecule has 1 aliphatic heterocycles. The van der Waals surface area contributed by atoms with Gasteiger partial charge in [0, 0.05) is 51.2 Å². The molecule has 0 radical (unpaired) electrons. The fraction of sp³-hybridized carbons (Fsp3) is 0.929. The molecule has 0 aromatic rings. The van der Waals surface area contributed by atoms with E-state index in [0.717, 1.165) is 32.7 Å². The Morgan fingerprint density at radius 1 is 1.37 bits per heavy atom. The third-order valence-corrected chi connectivity index (χ3v) is 3.45. The minimum atomic E-state index is -0.272. The fourth-order valence-electron chi connectivity index (χ4n) is 2.54. The molecule has 1 aliphatic rings. The molecule has 1 heterocycles. The highest BCUT2D eigenvalue weighted by molar-refractivity contribution is 5.76. The van der Waals surface area contributed by atoms with Gasteiger partial charge in [-0.25, -0.2) is 0 Å². The zero-order chi connectivity index (χ0) is 14.4. The summed E-state index contributed by atoms with van der Waals surface area (Å²) in [7, 11) is 0. The van der Waals surface area contributed by atoms with Crippen LogP contribution in [0.4, 0.5) is 0 Å². The SMILES string of the molecule is CC(C)NC(=O)CCN1CCN(C[C@@H](C)O)[C@H](C)C1. The molecule has 1 rings (SSSR count).